The summed E-state index contributed by atoms with van der Waals surface area (Å²) in [5.74, 6) is 0.454. The van der Waals surface area contributed by atoms with E-state index in [1.165, 1.54) is 4.88 Å². The number of aromatic nitrogens is 4. The summed E-state index contributed by atoms with van der Waals surface area (Å²) in [4.78, 5) is 21.0. The van der Waals surface area contributed by atoms with E-state index in [1.807, 2.05) is 41.8 Å². The topological polar surface area (TPSA) is 75.6 Å². The Morgan fingerprint density at radius 1 is 1.24 bits per heavy atom. The summed E-state index contributed by atoms with van der Waals surface area (Å²) in [6.07, 6.45) is 2.44. The fourth-order valence-corrected chi connectivity index (χ4v) is 3.64. The average Bonchev–Trinajstić information content (AvgIpc) is 3.30. The Labute approximate surface area is 148 Å². The van der Waals surface area contributed by atoms with E-state index in [1.54, 1.807) is 22.2 Å². The summed E-state index contributed by atoms with van der Waals surface area (Å²) >= 11 is 1.68. The molecular weight excluding hydrogens is 334 g/mol. The van der Waals surface area contributed by atoms with Crippen molar-refractivity contribution >= 4 is 28.3 Å². The normalized spacial score (nSPS) is 12.4. The van der Waals surface area contributed by atoms with Gasteiger partial charge in [-0.1, -0.05) is 31.2 Å². The van der Waals surface area contributed by atoms with Crippen molar-refractivity contribution in [1.29, 1.82) is 0 Å². The quantitative estimate of drug-likeness (QED) is 0.574. The van der Waals surface area contributed by atoms with Gasteiger partial charge in [-0.25, -0.2) is 4.68 Å². The van der Waals surface area contributed by atoms with E-state index < -0.39 is 0 Å². The first-order chi connectivity index (χ1) is 12.3. The molecule has 6 nitrogen and oxygen atoms in total. The van der Waals surface area contributed by atoms with Crippen LogP contribution in [-0.4, -0.2) is 19.7 Å². The van der Waals surface area contributed by atoms with E-state index in [-0.39, 0.29) is 11.6 Å². The van der Waals surface area contributed by atoms with Crippen LogP contribution in [-0.2, 0) is 0 Å². The maximum Gasteiger partial charge on any atom is 0.263 e. The van der Waals surface area contributed by atoms with Crippen LogP contribution in [0.3, 0.4) is 0 Å². The van der Waals surface area contributed by atoms with Crippen LogP contribution in [0, 0.1) is 0 Å². The first kappa shape index (κ1) is 15.6. The highest BCUT2D eigenvalue weighted by Crippen LogP contribution is 2.25. The average molecular weight is 351 g/mol. The highest BCUT2D eigenvalue weighted by atomic mass is 32.1. The minimum Gasteiger partial charge on any atom is -0.348 e. The number of para-hydroxylation sites is 1. The molecule has 0 bridgehead atoms. The van der Waals surface area contributed by atoms with Gasteiger partial charge in [0.05, 0.1) is 17.9 Å². The number of hydrogen-bond donors (Lipinski definition) is 2. The third-order valence-electron chi connectivity index (χ3n) is 4.04. The van der Waals surface area contributed by atoms with Crippen molar-refractivity contribution in [3.63, 3.8) is 0 Å². The number of benzene rings is 1. The van der Waals surface area contributed by atoms with Gasteiger partial charge >= 0.3 is 0 Å². The van der Waals surface area contributed by atoms with Crippen LogP contribution in [0.1, 0.15) is 24.3 Å². The number of thiophene rings is 1. The molecule has 4 aromatic rings. The van der Waals surface area contributed by atoms with Crippen molar-refractivity contribution in [2.45, 2.75) is 19.4 Å². The maximum atomic E-state index is 12.4. The minimum absolute atomic E-state index is 0.105. The van der Waals surface area contributed by atoms with Gasteiger partial charge in [-0.3, -0.25) is 9.78 Å². The number of aromatic amines is 1. The molecule has 0 aliphatic carbocycles. The van der Waals surface area contributed by atoms with Gasteiger partial charge in [-0.2, -0.15) is 10.1 Å². The van der Waals surface area contributed by atoms with E-state index in [2.05, 4.69) is 33.4 Å². The van der Waals surface area contributed by atoms with Crippen LogP contribution >= 0.6 is 11.3 Å². The summed E-state index contributed by atoms with van der Waals surface area (Å²) in [7, 11) is 0. The van der Waals surface area contributed by atoms with Crippen molar-refractivity contribution in [2.24, 2.45) is 0 Å². The van der Waals surface area contributed by atoms with E-state index >= 15 is 0 Å². The molecule has 1 atom stereocenters. The van der Waals surface area contributed by atoms with Gasteiger partial charge in [-0.05, 0) is 30.0 Å². The van der Waals surface area contributed by atoms with Crippen molar-refractivity contribution in [1.82, 2.24) is 19.7 Å². The number of anilines is 1. The monoisotopic (exact) mass is 351 g/mol. The minimum atomic E-state index is -0.198. The lowest BCUT2D eigenvalue weighted by molar-refractivity contribution is 0.751. The lowest BCUT2D eigenvalue weighted by Crippen LogP contribution is -2.16. The lowest BCUT2D eigenvalue weighted by Gasteiger charge is -2.15. The smallest absolute Gasteiger partial charge is 0.263 e. The van der Waals surface area contributed by atoms with Crippen LogP contribution in [0.4, 0.5) is 5.95 Å². The summed E-state index contributed by atoms with van der Waals surface area (Å²) < 4.78 is 1.68. The zero-order valence-corrected chi connectivity index (χ0v) is 14.5. The van der Waals surface area contributed by atoms with Crippen LogP contribution in [0.25, 0.3) is 16.7 Å². The van der Waals surface area contributed by atoms with Gasteiger partial charge in [0.2, 0.25) is 5.95 Å². The molecule has 0 saturated carbocycles. The molecule has 0 aliphatic rings. The highest BCUT2D eigenvalue weighted by molar-refractivity contribution is 7.10. The van der Waals surface area contributed by atoms with Gasteiger partial charge < -0.3 is 5.32 Å². The zero-order chi connectivity index (χ0) is 17.2. The Morgan fingerprint density at radius 3 is 2.80 bits per heavy atom. The predicted octanol–water partition coefficient (Wildman–Crippen LogP) is 3.73. The Balaban J connectivity index is 1.77. The van der Waals surface area contributed by atoms with E-state index in [4.69, 9.17) is 0 Å². The highest BCUT2D eigenvalue weighted by Gasteiger charge is 2.15. The van der Waals surface area contributed by atoms with Crippen LogP contribution in [0.2, 0.25) is 0 Å². The van der Waals surface area contributed by atoms with E-state index in [0.717, 1.165) is 12.1 Å². The first-order valence-electron chi connectivity index (χ1n) is 8.09. The summed E-state index contributed by atoms with van der Waals surface area (Å²) in [5, 5.41) is 10.2. The number of H-pyrrole nitrogens is 1. The fraction of sp³-hybridized carbons (Fsp3) is 0.167. The molecule has 25 heavy (non-hydrogen) atoms. The van der Waals surface area contributed by atoms with Gasteiger partial charge in [0.25, 0.3) is 5.56 Å². The Kier molecular flexibility index (Phi) is 4.07. The van der Waals surface area contributed by atoms with Gasteiger partial charge in [0.1, 0.15) is 5.39 Å². The number of fused-ring (bicyclic) bond motifs is 1. The summed E-state index contributed by atoms with van der Waals surface area (Å²) in [6, 6.07) is 13.9. The SMILES string of the molecule is CCC(Nc1nc2c(cnn2-c2ccccc2)c(=O)[nH]1)c1cccs1. The molecule has 0 radical (unpaired) electrons. The number of nitrogens with zero attached hydrogens (tertiary/aromatic N) is 3. The third kappa shape index (κ3) is 2.94. The molecule has 0 saturated heterocycles. The Bertz CT molecular complexity index is 1040. The summed E-state index contributed by atoms with van der Waals surface area (Å²) in [5.41, 5.74) is 1.21. The van der Waals surface area contributed by atoms with Crippen LogP contribution in [0.15, 0.2) is 58.8 Å². The molecule has 7 heteroatoms. The van der Waals surface area contributed by atoms with E-state index in [0.29, 0.717) is 17.0 Å². The standard InChI is InChI=1S/C18H17N5OS/c1-2-14(15-9-6-10-25-15)20-18-21-16-13(17(24)22-18)11-19-23(16)12-7-4-3-5-8-12/h3-11,14H,2H2,1H3,(H2,20,21,22,24). The Morgan fingerprint density at radius 2 is 2.08 bits per heavy atom. The molecule has 1 unspecified atom stereocenters. The largest absolute Gasteiger partial charge is 0.348 e. The van der Waals surface area contributed by atoms with Crippen LogP contribution < -0.4 is 10.9 Å². The molecule has 0 amide bonds. The number of nitrogens with one attached hydrogen (secondary N) is 2. The predicted molar refractivity (Wildman–Crippen MR) is 100 cm³/mol. The van der Waals surface area contributed by atoms with Gasteiger partial charge in [0, 0.05) is 4.88 Å². The molecule has 0 fully saturated rings. The molecule has 0 spiro atoms. The molecule has 1 aromatic carbocycles. The molecular formula is C18H17N5OS. The molecule has 126 valence electrons. The summed E-state index contributed by atoms with van der Waals surface area (Å²) in [6.45, 7) is 2.10. The van der Waals surface area contributed by atoms with Crippen molar-refractivity contribution in [3.05, 3.63) is 69.3 Å². The molecule has 0 aliphatic heterocycles. The van der Waals surface area contributed by atoms with Crippen molar-refractivity contribution in [2.75, 3.05) is 5.32 Å². The second kappa shape index (κ2) is 6.52. The van der Waals surface area contributed by atoms with Gasteiger partial charge in [-0.15, -0.1) is 11.3 Å². The number of rotatable bonds is 5. The molecule has 2 N–H and O–H groups in total. The van der Waals surface area contributed by atoms with Gasteiger partial charge in [0.15, 0.2) is 5.65 Å². The van der Waals surface area contributed by atoms with Crippen molar-refractivity contribution in [3.8, 4) is 5.69 Å². The first-order valence-corrected chi connectivity index (χ1v) is 8.97. The Hall–Kier alpha value is -2.93. The molecule has 3 aromatic heterocycles. The fourth-order valence-electron chi connectivity index (χ4n) is 2.77. The second-order valence-electron chi connectivity index (χ2n) is 5.66. The molecule has 3 heterocycles. The van der Waals surface area contributed by atoms with Crippen LogP contribution in [0.5, 0.6) is 0 Å². The number of hydrogen-bond acceptors (Lipinski definition) is 5. The third-order valence-corrected chi connectivity index (χ3v) is 5.03. The van der Waals surface area contributed by atoms with Crippen molar-refractivity contribution < 1.29 is 0 Å². The van der Waals surface area contributed by atoms with E-state index in [9.17, 15) is 4.79 Å². The lowest BCUT2D eigenvalue weighted by atomic mass is 10.2. The zero-order valence-electron chi connectivity index (χ0n) is 13.6. The molecule has 4 rings (SSSR count). The maximum absolute atomic E-state index is 12.4. The second-order valence-corrected chi connectivity index (χ2v) is 6.64.